The highest BCUT2D eigenvalue weighted by Gasteiger charge is 2.32. The molecule has 0 fully saturated rings. The monoisotopic (exact) mass is 203 g/mol. The van der Waals surface area contributed by atoms with Crippen molar-refractivity contribution >= 4 is 10.8 Å². The van der Waals surface area contributed by atoms with Crippen molar-refractivity contribution < 1.29 is 22.7 Å². The summed E-state index contributed by atoms with van der Waals surface area (Å²) in [6, 6.07) is 0.818. The average molecular weight is 203 g/mol. The first-order valence-electron chi connectivity index (χ1n) is 3.62. The summed E-state index contributed by atoms with van der Waals surface area (Å²) in [5, 5.41) is 9.35. The summed E-state index contributed by atoms with van der Waals surface area (Å²) in [4.78, 5) is 3.17. The Morgan fingerprint density at radius 2 is 2.07 bits per heavy atom. The highest BCUT2D eigenvalue weighted by Crippen LogP contribution is 2.32. The van der Waals surface area contributed by atoms with E-state index in [-0.39, 0.29) is 10.8 Å². The maximum absolute atomic E-state index is 12.2. The normalized spacial score (nSPS) is 12.2. The number of rotatable bonds is 0. The van der Waals surface area contributed by atoms with Crippen molar-refractivity contribution in [2.45, 2.75) is 6.18 Å². The first-order chi connectivity index (χ1) is 6.48. The Hall–Kier alpha value is -1.72. The van der Waals surface area contributed by atoms with Gasteiger partial charge in [0.15, 0.2) is 0 Å². The van der Waals surface area contributed by atoms with Crippen LogP contribution < -0.4 is 0 Å². The highest BCUT2D eigenvalue weighted by molar-refractivity contribution is 5.85. The van der Waals surface area contributed by atoms with Gasteiger partial charge in [-0.05, 0) is 6.07 Å². The van der Waals surface area contributed by atoms with Crippen molar-refractivity contribution in [1.82, 2.24) is 4.98 Å². The fraction of sp³-hybridized carbons (Fsp3) is 0.125. The number of furan rings is 1. The molecule has 2 rings (SSSR count). The van der Waals surface area contributed by atoms with E-state index in [4.69, 9.17) is 5.11 Å². The number of alkyl halides is 3. The number of hydrogen-bond acceptors (Lipinski definition) is 3. The summed E-state index contributed by atoms with van der Waals surface area (Å²) < 4.78 is 41.0. The predicted octanol–water partition coefficient (Wildman–Crippen LogP) is 2.55. The number of nitrogens with zero attached hydrogens (tertiary/aromatic N) is 1. The molecule has 0 aliphatic heterocycles. The van der Waals surface area contributed by atoms with Crippen molar-refractivity contribution in [1.29, 1.82) is 0 Å². The summed E-state index contributed by atoms with van der Waals surface area (Å²) in [5.41, 5.74) is -1.01. The number of hydrogen-bond donors (Lipinski definition) is 1. The molecule has 3 nitrogen and oxygen atoms in total. The molecule has 0 radical (unpaired) electrons. The maximum Gasteiger partial charge on any atom is 0.433 e. The molecule has 0 aliphatic carbocycles. The Balaban J connectivity index is 2.63. The number of aromatic nitrogens is 1. The van der Waals surface area contributed by atoms with Crippen LogP contribution in [0.3, 0.4) is 0 Å². The third kappa shape index (κ3) is 1.28. The molecule has 0 bridgehead atoms. The van der Waals surface area contributed by atoms with Crippen molar-refractivity contribution in [3.8, 4) is 5.95 Å². The minimum Gasteiger partial charge on any atom is -0.480 e. The van der Waals surface area contributed by atoms with Gasteiger partial charge in [0, 0.05) is 11.6 Å². The van der Waals surface area contributed by atoms with Crippen LogP contribution in [0.2, 0.25) is 0 Å². The number of halogens is 3. The van der Waals surface area contributed by atoms with E-state index in [2.05, 4.69) is 9.40 Å². The van der Waals surface area contributed by atoms with E-state index in [1.54, 1.807) is 0 Å². The zero-order valence-electron chi connectivity index (χ0n) is 6.67. The fourth-order valence-corrected chi connectivity index (χ4v) is 1.08. The molecule has 0 saturated heterocycles. The summed E-state index contributed by atoms with van der Waals surface area (Å²) in [6.07, 6.45) is -2.51. The Labute approximate surface area is 75.8 Å². The van der Waals surface area contributed by atoms with Gasteiger partial charge in [0.05, 0.1) is 5.39 Å². The second-order valence-corrected chi connectivity index (χ2v) is 2.70. The zero-order chi connectivity index (χ0) is 10.3. The van der Waals surface area contributed by atoms with Gasteiger partial charge in [-0.15, -0.1) is 0 Å². The minimum absolute atomic E-state index is 0.165. The second kappa shape index (κ2) is 2.63. The molecule has 0 unspecified atom stereocenters. The molecule has 0 amide bonds. The summed E-state index contributed by atoms with van der Waals surface area (Å²) in [6.45, 7) is 0. The van der Waals surface area contributed by atoms with Gasteiger partial charge in [0.1, 0.15) is 12.0 Å². The van der Waals surface area contributed by atoms with Gasteiger partial charge in [0.2, 0.25) is 0 Å². The van der Waals surface area contributed by atoms with Crippen LogP contribution in [0.25, 0.3) is 10.8 Å². The molecule has 6 heteroatoms. The molecular formula is C8H4F3NO2. The van der Waals surface area contributed by atoms with Crippen LogP contribution >= 0.6 is 0 Å². The lowest BCUT2D eigenvalue weighted by atomic mass is 10.2. The van der Waals surface area contributed by atoms with Crippen molar-refractivity contribution in [2.75, 3.05) is 0 Å². The van der Waals surface area contributed by atoms with E-state index in [1.165, 1.54) is 0 Å². The fourth-order valence-electron chi connectivity index (χ4n) is 1.08. The first kappa shape index (κ1) is 8.86. The lowest BCUT2D eigenvalue weighted by Gasteiger charge is -2.03. The van der Waals surface area contributed by atoms with Crippen LogP contribution in [-0.2, 0) is 6.18 Å². The van der Waals surface area contributed by atoms with Crippen molar-refractivity contribution in [3.63, 3.8) is 0 Å². The predicted molar refractivity (Wildman–Crippen MR) is 40.7 cm³/mol. The van der Waals surface area contributed by atoms with Crippen LogP contribution in [0.1, 0.15) is 5.69 Å². The van der Waals surface area contributed by atoms with Crippen molar-refractivity contribution in [2.24, 2.45) is 0 Å². The molecule has 0 saturated carbocycles. The van der Waals surface area contributed by atoms with Crippen LogP contribution in [-0.4, -0.2) is 10.1 Å². The van der Waals surface area contributed by atoms with E-state index in [1.807, 2.05) is 0 Å². The standard InChI is InChI=1S/C8H4F3NO2/c9-8(10,11)6-1-4-3-14-7(13)5(4)2-12-6/h1-3,13H. The van der Waals surface area contributed by atoms with Gasteiger partial charge in [0.25, 0.3) is 5.95 Å². The summed E-state index contributed by atoms with van der Waals surface area (Å²) in [7, 11) is 0. The average Bonchev–Trinajstić information content (AvgIpc) is 2.46. The Morgan fingerprint density at radius 1 is 1.36 bits per heavy atom. The SMILES string of the molecule is Oc1occ2cc(C(F)(F)F)ncc12. The van der Waals surface area contributed by atoms with Gasteiger partial charge in [-0.1, -0.05) is 0 Å². The van der Waals surface area contributed by atoms with E-state index in [9.17, 15) is 13.2 Å². The molecule has 1 N–H and O–H groups in total. The van der Waals surface area contributed by atoms with Crippen molar-refractivity contribution in [3.05, 3.63) is 24.2 Å². The van der Waals surface area contributed by atoms with Crippen LogP contribution in [0.4, 0.5) is 13.2 Å². The molecule has 14 heavy (non-hydrogen) atoms. The molecular weight excluding hydrogens is 199 g/mol. The number of pyridine rings is 1. The quantitative estimate of drug-likeness (QED) is 0.715. The largest absolute Gasteiger partial charge is 0.480 e. The van der Waals surface area contributed by atoms with Crippen LogP contribution in [0.5, 0.6) is 5.95 Å². The molecule has 0 aromatic carbocycles. The molecule has 74 valence electrons. The highest BCUT2D eigenvalue weighted by atomic mass is 19.4. The minimum atomic E-state index is -4.49. The molecule has 2 aromatic heterocycles. The second-order valence-electron chi connectivity index (χ2n) is 2.70. The van der Waals surface area contributed by atoms with Gasteiger partial charge in [-0.2, -0.15) is 13.2 Å². The Bertz CT molecular complexity index is 475. The van der Waals surface area contributed by atoms with Crippen LogP contribution in [0.15, 0.2) is 22.9 Å². The third-order valence-electron chi connectivity index (χ3n) is 1.75. The molecule has 2 heterocycles. The zero-order valence-corrected chi connectivity index (χ0v) is 6.67. The topological polar surface area (TPSA) is 46.3 Å². The van der Waals surface area contributed by atoms with Crippen LogP contribution in [0, 0.1) is 0 Å². The number of aromatic hydroxyl groups is 1. The maximum atomic E-state index is 12.2. The van der Waals surface area contributed by atoms with Gasteiger partial charge in [-0.25, -0.2) is 0 Å². The van der Waals surface area contributed by atoms with E-state index >= 15 is 0 Å². The summed E-state index contributed by atoms with van der Waals surface area (Å²) in [5.74, 6) is -0.429. The smallest absolute Gasteiger partial charge is 0.433 e. The summed E-state index contributed by atoms with van der Waals surface area (Å²) >= 11 is 0. The van der Waals surface area contributed by atoms with E-state index < -0.39 is 17.8 Å². The molecule has 0 aliphatic rings. The van der Waals surface area contributed by atoms with Gasteiger partial charge in [-0.3, -0.25) is 4.98 Å². The number of fused-ring (bicyclic) bond motifs is 1. The van der Waals surface area contributed by atoms with Gasteiger partial charge < -0.3 is 9.52 Å². The Kier molecular flexibility index (Phi) is 1.67. The molecule has 0 atom stereocenters. The molecule has 0 spiro atoms. The van der Waals surface area contributed by atoms with Gasteiger partial charge >= 0.3 is 6.18 Å². The third-order valence-corrected chi connectivity index (χ3v) is 1.75. The lowest BCUT2D eigenvalue weighted by Crippen LogP contribution is -2.06. The Morgan fingerprint density at radius 3 is 2.71 bits per heavy atom. The lowest BCUT2D eigenvalue weighted by molar-refractivity contribution is -0.141. The molecule has 2 aromatic rings. The van der Waals surface area contributed by atoms with E-state index in [0.29, 0.717) is 0 Å². The van der Waals surface area contributed by atoms with E-state index in [0.717, 1.165) is 18.5 Å². The first-order valence-corrected chi connectivity index (χ1v) is 3.62.